The fourth-order valence-corrected chi connectivity index (χ4v) is 12.8. The fourth-order valence-electron chi connectivity index (χ4n) is 12.8. The maximum atomic E-state index is 14.8. The molecule has 6 heterocycles. The molecule has 1 saturated carbocycles. The van der Waals surface area contributed by atoms with Crippen LogP contribution < -0.4 is 18.3 Å². The standard InChI is InChI=1S/C23H23N2O.2C20H19FN.C19H17FN/c1-15-17(11-12-20-21(15)19-9-5-13-24-23(19)26-20)22-18(10-6-14-25(22)2)16-7-3-4-8-16;1-14-8-4-6-10-17(14)16-12-19(21)20(22(3)13-16)18-11-7-5-9-15(18)2;1-14-9-10-18(15(2)11-14)20-19(21)12-17(13-22(20)3)16-7-5-4-6-8-16;1-14-8-6-7-11-17(14)19-18(20)12-16(13-21(19)2)15-9-4-3-5-10-15/h5-6,9-14,16H,3-4,7-8H2,1-2H3;2*4-13H,1-3H3;3-13H,1-2H3/q4*+1/i16D;;;. The minimum atomic E-state index is -0.490. The molecule has 0 amide bonds. The molecule has 0 aliphatic heterocycles. The van der Waals surface area contributed by atoms with Crippen molar-refractivity contribution in [2.45, 2.75) is 73.1 Å². The van der Waals surface area contributed by atoms with Gasteiger partial charge < -0.3 is 4.42 Å². The Hall–Kier alpha value is -10.1. The van der Waals surface area contributed by atoms with Gasteiger partial charge in [0.1, 0.15) is 33.8 Å². The van der Waals surface area contributed by atoms with Crippen LogP contribution in [-0.2, 0) is 28.2 Å². The average molecular weight is 1210 g/mol. The third-order valence-corrected chi connectivity index (χ3v) is 17.4. The lowest BCUT2D eigenvalue weighted by atomic mass is 9.90. The molecule has 0 saturated heterocycles. The number of rotatable bonds is 8. The zero-order valence-corrected chi connectivity index (χ0v) is 53.6. The summed E-state index contributed by atoms with van der Waals surface area (Å²) in [6, 6.07) is 66.9. The van der Waals surface area contributed by atoms with E-state index in [2.05, 4.69) is 60.1 Å². The van der Waals surface area contributed by atoms with E-state index in [-0.39, 0.29) is 17.5 Å². The Labute approximate surface area is 534 Å². The molecule has 6 aromatic heterocycles. The van der Waals surface area contributed by atoms with Gasteiger partial charge in [-0.15, -0.1) is 0 Å². The number of benzene rings is 7. The van der Waals surface area contributed by atoms with Crippen LogP contribution in [0.3, 0.4) is 0 Å². The Morgan fingerprint density at radius 1 is 0.418 bits per heavy atom. The second-order valence-electron chi connectivity index (χ2n) is 23.9. The highest BCUT2D eigenvalue weighted by Crippen LogP contribution is 2.41. The molecule has 14 rings (SSSR count). The van der Waals surface area contributed by atoms with Crippen LogP contribution in [-0.4, -0.2) is 4.98 Å². The van der Waals surface area contributed by atoms with Gasteiger partial charge in [-0.2, -0.15) is 26.9 Å². The predicted molar refractivity (Wildman–Crippen MR) is 363 cm³/mol. The highest BCUT2D eigenvalue weighted by molar-refractivity contribution is 6.07. The largest absolute Gasteiger partial charge is 0.438 e. The van der Waals surface area contributed by atoms with Crippen LogP contribution in [0.2, 0.25) is 0 Å². The van der Waals surface area contributed by atoms with Crippen molar-refractivity contribution in [2.24, 2.45) is 28.2 Å². The van der Waals surface area contributed by atoms with Crippen LogP contribution in [0, 0.1) is 59.0 Å². The molecule has 1 fully saturated rings. The first-order chi connectivity index (χ1) is 44.4. The Morgan fingerprint density at radius 2 is 0.879 bits per heavy atom. The second-order valence-corrected chi connectivity index (χ2v) is 23.9. The van der Waals surface area contributed by atoms with Gasteiger partial charge in [-0.25, -0.2) is 9.55 Å². The van der Waals surface area contributed by atoms with Crippen LogP contribution in [0.15, 0.2) is 242 Å². The van der Waals surface area contributed by atoms with Crippen molar-refractivity contribution in [3.63, 3.8) is 0 Å². The number of aromatic nitrogens is 5. The van der Waals surface area contributed by atoms with Crippen molar-refractivity contribution in [3.8, 4) is 78.4 Å². The smallest absolute Gasteiger partial charge is 0.248 e. The van der Waals surface area contributed by atoms with Gasteiger partial charge in [-0.1, -0.05) is 152 Å². The lowest BCUT2D eigenvalue weighted by molar-refractivity contribution is -0.661. The summed E-state index contributed by atoms with van der Waals surface area (Å²) in [6.07, 6.45) is 13.9. The minimum Gasteiger partial charge on any atom is -0.438 e. The lowest BCUT2D eigenvalue weighted by Gasteiger charge is -2.14. The van der Waals surface area contributed by atoms with Crippen molar-refractivity contribution in [3.05, 3.63) is 294 Å². The van der Waals surface area contributed by atoms with Crippen LogP contribution in [0.25, 0.3) is 100 Å². The predicted octanol–water partition coefficient (Wildman–Crippen LogP) is 18.9. The molecular weight excluding hydrogens is 1130 g/mol. The van der Waals surface area contributed by atoms with Crippen molar-refractivity contribution >= 4 is 22.1 Å². The summed E-state index contributed by atoms with van der Waals surface area (Å²) in [5, 5.41) is 2.17. The summed E-state index contributed by atoms with van der Waals surface area (Å²) >= 11 is 0. The van der Waals surface area contributed by atoms with Gasteiger partial charge in [0.05, 0.1) is 22.3 Å². The van der Waals surface area contributed by atoms with Crippen LogP contribution in [0.5, 0.6) is 0 Å². The van der Waals surface area contributed by atoms with E-state index in [1.807, 2.05) is 246 Å². The Morgan fingerprint density at radius 3 is 1.38 bits per heavy atom. The number of halogens is 3. The van der Waals surface area contributed by atoms with Gasteiger partial charge >= 0.3 is 0 Å². The van der Waals surface area contributed by atoms with Gasteiger partial charge in [0, 0.05) is 46.7 Å². The molecule has 454 valence electrons. The van der Waals surface area contributed by atoms with Gasteiger partial charge in [-0.05, 0) is 172 Å². The summed E-state index contributed by atoms with van der Waals surface area (Å²) in [5.41, 5.74) is 22.2. The topological polar surface area (TPSA) is 41.5 Å². The SMILES string of the molecule is Cc1ccc(-c2c(F)cc(-c3ccccc3)c[n+]2C)c(C)c1.Cc1ccccc1-c1c(F)cc(-c2ccccc2)c[n+]1C.Cc1ccccc1-c1cc(F)c(-c2ccccc2C)[n+](C)c1.[2H]C1(c2ccc[n+](C)c2-c2ccc3oc4ncccc4c3c2C)CCCC1. The number of hydrogen-bond acceptors (Lipinski definition) is 2. The summed E-state index contributed by atoms with van der Waals surface area (Å²) in [5.74, 6) is -1.09. The Kier molecular flexibility index (Phi) is 18.6. The Bertz CT molecular complexity index is 4760. The average Bonchev–Trinajstić information content (AvgIpc) is 1.52. The van der Waals surface area contributed by atoms with Gasteiger partial charge in [0.15, 0.2) is 42.2 Å². The van der Waals surface area contributed by atoms with Gasteiger partial charge in [0.2, 0.25) is 28.5 Å². The van der Waals surface area contributed by atoms with Gasteiger partial charge in [0.25, 0.3) is 0 Å². The highest BCUT2D eigenvalue weighted by atomic mass is 19.1. The highest BCUT2D eigenvalue weighted by Gasteiger charge is 2.29. The molecule has 6 nitrogen and oxygen atoms in total. The molecule has 1 aliphatic carbocycles. The normalized spacial score (nSPS) is 12.5. The maximum Gasteiger partial charge on any atom is 0.248 e. The van der Waals surface area contributed by atoms with E-state index in [0.717, 1.165) is 126 Å². The first kappa shape index (κ1) is 61.1. The van der Waals surface area contributed by atoms with Crippen molar-refractivity contribution in [2.75, 3.05) is 0 Å². The van der Waals surface area contributed by atoms with Crippen molar-refractivity contribution in [1.82, 2.24) is 4.98 Å². The molecule has 0 unspecified atom stereocenters. The number of nitrogens with zero attached hydrogens (tertiary/aromatic N) is 5. The quantitative estimate of drug-likeness (QED) is 0.142. The fraction of sp³-hybridized carbons (Fsp3) is 0.183. The number of furan rings is 1. The zero-order chi connectivity index (χ0) is 64.8. The molecule has 0 atom stereocenters. The molecule has 0 N–H and O–H groups in total. The van der Waals surface area contributed by atoms with E-state index >= 15 is 0 Å². The number of hydrogen-bond donors (Lipinski definition) is 0. The monoisotopic (exact) mass is 1210 g/mol. The number of fused-ring (bicyclic) bond motifs is 3. The Balaban J connectivity index is 0.000000126. The molecule has 91 heavy (non-hydrogen) atoms. The van der Waals surface area contributed by atoms with Crippen molar-refractivity contribution in [1.29, 1.82) is 0 Å². The number of aryl methyl sites for hydroxylation is 10. The van der Waals surface area contributed by atoms with E-state index in [1.165, 1.54) is 16.7 Å². The second kappa shape index (κ2) is 27.7. The minimum absolute atomic E-state index is 0.197. The molecule has 1 aliphatic rings. The van der Waals surface area contributed by atoms with E-state index in [1.54, 1.807) is 24.4 Å². The van der Waals surface area contributed by atoms with E-state index in [0.29, 0.717) is 22.8 Å². The molecule has 0 spiro atoms. The summed E-state index contributed by atoms with van der Waals surface area (Å²) in [6.45, 7) is 12.3. The van der Waals surface area contributed by atoms with E-state index in [4.69, 9.17) is 5.79 Å². The van der Waals surface area contributed by atoms with Crippen LogP contribution in [0.4, 0.5) is 13.2 Å². The summed E-state index contributed by atoms with van der Waals surface area (Å²) < 4.78 is 67.0. The lowest BCUT2D eigenvalue weighted by Crippen LogP contribution is -2.32. The van der Waals surface area contributed by atoms with Crippen molar-refractivity contribution < 1.29 is 37.2 Å². The molecule has 9 heteroatoms. The zero-order valence-electron chi connectivity index (χ0n) is 54.6. The maximum absolute atomic E-state index is 14.8. The first-order valence-corrected chi connectivity index (χ1v) is 31.1. The summed E-state index contributed by atoms with van der Waals surface area (Å²) in [4.78, 5) is 4.37. The van der Waals surface area contributed by atoms with Gasteiger partial charge in [-0.3, -0.25) is 0 Å². The third-order valence-electron chi connectivity index (χ3n) is 17.4. The molecule has 0 radical (unpaired) electrons. The third kappa shape index (κ3) is 13.6. The number of pyridine rings is 5. The molecule has 13 aromatic rings. The van der Waals surface area contributed by atoms with E-state index < -0.39 is 5.89 Å². The molecular formula is C82H78F3N5O+4. The van der Waals surface area contributed by atoms with Crippen LogP contribution in [0.1, 0.15) is 71.9 Å². The summed E-state index contributed by atoms with van der Waals surface area (Å²) in [7, 11) is 7.75. The van der Waals surface area contributed by atoms with Crippen LogP contribution >= 0.6 is 0 Å². The first-order valence-electron chi connectivity index (χ1n) is 31.6. The molecule has 7 aromatic carbocycles. The molecule has 0 bridgehead atoms. The van der Waals surface area contributed by atoms with E-state index in [9.17, 15) is 13.2 Å².